The Hall–Kier alpha value is -2.20. The summed E-state index contributed by atoms with van der Waals surface area (Å²) >= 11 is 5.87. The van der Waals surface area contributed by atoms with E-state index in [0.29, 0.717) is 21.7 Å². The first-order valence-corrected chi connectivity index (χ1v) is 5.68. The molecule has 0 saturated carbocycles. The van der Waals surface area contributed by atoms with E-state index in [4.69, 9.17) is 11.6 Å². The molecule has 0 fully saturated rings. The Labute approximate surface area is 108 Å². The third-order valence-electron chi connectivity index (χ3n) is 2.58. The molecular formula is C13H8ClN3O. The second kappa shape index (κ2) is 4.23. The molecule has 1 aromatic carbocycles. The Bertz CT molecular complexity index is 716. The summed E-state index contributed by atoms with van der Waals surface area (Å²) < 4.78 is 0. The Morgan fingerprint density at radius 3 is 2.56 bits per heavy atom. The molecule has 18 heavy (non-hydrogen) atoms. The maximum Gasteiger partial charge on any atom is 0.222 e. The molecule has 0 atom stereocenters. The third kappa shape index (κ3) is 1.87. The van der Waals surface area contributed by atoms with Crippen molar-refractivity contribution in [1.29, 1.82) is 0 Å². The first kappa shape index (κ1) is 10.9. The van der Waals surface area contributed by atoms with Crippen molar-refractivity contribution in [2.24, 2.45) is 0 Å². The molecule has 0 amide bonds. The fourth-order valence-corrected chi connectivity index (χ4v) is 1.89. The summed E-state index contributed by atoms with van der Waals surface area (Å²) in [6.07, 6.45) is 3.31. The lowest BCUT2D eigenvalue weighted by Gasteiger charge is -2.04. The van der Waals surface area contributed by atoms with Crippen LogP contribution in [0, 0.1) is 0 Å². The number of aromatic nitrogens is 3. The third-order valence-corrected chi connectivity index (χ3v) is 2.81. The van der Waals surface area contributed by atoms with Gasteiger partial charge in [-0.1, -0.05) is 11.6 Å². The Morgan fingerprint density at radius 2 is 1.78 bits per heavy atom. The molecule has 0 aliphatic rings. The molecule has 2 aromatic heterocycles. The van der Waals surface area contributed by atoms with Crippen LogP contribution < -0.4 is 0 Å². The topological polar surface area (TPSA) is 58.9 Å². The van der Waals surface area contributed by atoms with Crippen molar-refractivity contribution in [2.75, 3.05) is 0 Å². The van der Waals surface area contributed by atoms with Gasteiger partial charge < -0.3 is 5.11 Å². The summed E-state index contributed by atoms with van der Waals surface area (Å²) in [4.78, 5) is 12.4. The van der Waals surface area contributed by atoms with Crippen LogP contribution in [0.4, 0.5) is 0 Å². The lowest BCUT2D eigenvalue weighted by atomic mass is 10.2. The van der Waals surface area contributed by atoms with Gasteiger partial charge in [0.2, 0.25) is 5.88 Å². The average molecular weight is 258 g/mol. The van der Waals surface area contributed by atoms with E-state index in [-0.39, 0.29) is 5.88 Å². The Morgan fingerprint density at radius 1 is 1.00 bits per heavy atom. The van der Waals surface area contributed by atoms with Crippen LogP contribution in [0.5, 0.6) is 5.88 Å². The van der Waals surface area contributed by atoms with Gasteiger partial charge in [0, 0.05) is 23.0 Å². The fourth-order valence-electron chi connectivity index (χ4n) is 1.71. The van der Waals surface area contributed by atoms with E-state index in [9.17, 15) is 5.11 Å². The summed E-state index contributed by atoms with van der Waals surface area (Å²) in [5, 5.41) is 11.0. The van der Waals surface area contributed by atoms with Crippen molar-refractivity contribution in [2.45, 2.75) is 0 Å². The molecule has 2 heterocycles. The molecule has 4 nitrogen and oxygen atoms in total. The van der Waals surface area contributed by atoms with Gasteiger partial charge in [0.1, 0.15) is 0 Å². The lowest BCUT2D eigenvalue weighted by molar-refractivity contribution is 0.460. The summed E-state index contributed by atoms with van der Waals surface area (Å²) in [6.45, 7) is 0. The molecule has 0 bridgehead atoms. The van der Waals surface area contributed by atoms with Crippen molar-refractivity contribution in [3.63, 3.8) is 0 Å². The highest BCUT2D eigenvalue weighted by Crippen LogP contribution is 2.27. The number of aromatic hydroxyl groups is 1. The van der Waals surface area contributed by atoms with Crippen molar-refractivity contribution in [3.05, 3.63) is 47.7 Å². The average Bonchev–Trinajstić information content (AvgIpc) is 2.40. The molecule has 0 aliphatic carbocycles. The van der Waals surface area contributed by atoms with Crippen molar-refractivity contribution in [1.82, 2.24) is 15.0 Å². The molecule has 0 spiro atoms. The van der Waals surface area contributed by atoms with E-state index in [1.165, 1.54) is 0 Å². The molecule has 0 aliphatic heterocycles. The summed E-state index contributed by atoms with van der Waals surface area (Å²) in [5.41, 5.74) is 1.45. The fraction of sp³-hybridized carbons (Fsp3) is 0. The van der Waals surface area contributed by atoms with Crippen molar-refractivity contribution < 1.29 is 5.11 Å². The first-order chi connectivity index (χ1) is 8.74. The van der Waals surface area contributed by atoms with Crippen LogP contribution in [-0.2, 0) is 0 Å². The summed E-state index contributed by atoms with van der Waals surface area (Å²) in [6, 6.07) is 8.70. The lowest BCUT2D eigenvalue weighted by Crippen LogP contribution is -1.91. The van der Waals surface area contributed by atoms with Crippen LogP contribution in [0.15, 0.2) is 42.7 Å². The monoisotopic (exact) mass is 257 g/mol. The zero-order valence-corrected chi connectivity index (χ0v) is 9.96. The van der Waals surface area contributed by atoms with Gasteiger partial charge in [-0.2, -0.15) is 4.98 Å². The number of fused-ring (bicyclic) bond motifs is 1. The number of halogens is 1. The van der Waals surface area contributed by atoms with Gasteiger partial charge in [0.15, 0.2) is 5.82 Å². The van der Waals surface area contributed by atoms with E-state index in [2.05, 4.69) is 15.0 Å². The minimum absolute atomic E-state index is 0.0747. The molecule has 0 radical (unpaired) electrons. The largest absolute Gasteiger partial charge is 0.493 e. The molecule has 0 unspecified atom stereocenters. The number of nitrogens with zero attached hydrogens (tertiary/aromatic N) is 3. The van der Waals surface area contributed by atoms with Gasteiger partial charge in [0.05, 0.1) is 10.9 Å². The highest BCUT2D eigenvalue weighted by molar-refractivity contribution is 6.31. The van der Waals surface area contributed by atoms with Gasteiger partial charge in [-0.05, 0) is 30.3 Å². The SMILES string of the molecule is Oc1nc(-c2ccncc2)nc2ccc(Cl)cc12. The molecule has 0 saturated heterocycles. The number of hydrogen-bond donors (Lipinski definition) is 1. The predicted molar refractivity (Wildman–Crippen MR) is 69.4 cm³/mol. The van der Waals surface area contributed by atoms with Crippen molar-refractivity contribution >= 4 is 22.5 Å². The van der Waals surface area contributed by atoms with Gasteiger partial charge in [0.25, 0.3) is 0 Å². The second-order valence-electron chi connectivity index (χ2n) is 3.77. The van der Waals surface area contributed by atoms with E-state index in [1.54, 1.807) is 42.7 Å². The van der Waals surface area contributed by atoms with Crippen LogP contribution in [0.2, 0.25) is 5.02 Å². The number of rotatable bonds is 1. The van der Waals surface area contributed by atoms with Crippen LogP contribution in [0.25, 0.3) is 22.3 Å². The van der Waals surface area contributed by atoms with Gasteiger partial charge >= 0.3 is 0 Å². The maximum absolute atomic E-state index is 9.91. The number of hydrogen-bond acceptors (Lipinski definition) is 4. The van der Waals surface area contributed by atoms with Crippen LogP contribution in [0.3, 0.4) is 0 Å². The second-order valence-corrected chi connectivity index (χ2v) is 4.20. The number of benzene rings is 1. The van der Waals surface area contributed by atoms with E-state index >= 15 is 0 Å². The van der Waals surface area contributed by atoms with Crippen molar-refractivity contribution in [3.8, 4) is 17.3 Å². The summed E-state index contributed by atoms with van der Waals surface area (Å²) in [5.74, 6) is 0.388. The smallest absolute Gasteiger partial charge is 0.222 e. The molecule has 5 heteroatoms. The normalized spacial score (nSPS) is 10.7. The van der Waals surface area contributed by atoms with Crippen LogP contribution in [0.1, 0.15) is 0 Å². The van der Waals surface area contributed by atoms with Gasteiger partial charge in [-0.15, -0.1) is 0 Å². The zero-order chi connectivity index (χ0) is 12.5. The van der Waals surface area contributed by atoms with Crippen LogP contribution >= 0.6 is 11.6 Å². The maximum atomic E-state index is 9.91. The molecule has 3 aromatic rings. The van der Waals surface area contributed by atoms with E-state index in [1.807, 2.05) is 0 Å². The minimum Gasteiger partial charge on any atom is -0.493 e. The van der Waals surface area contributed by atoms with Gasteiger partial charge in [-0.25, -0.2) is 4.98 Å². The summed E-state index contributed by atoms with van der Waals surface area (Å²) in [7, 11) is 0. The van der Waals surface area contributed by atoms with Gasteiger partial charge in [-0.3, -0.25) is 4.98 Å². The molecule has 88 valence electrons. The molecule has 3 rings (SSSR count). The standard InChI is InChI=1S/C13H8ClN3O/c14-9-1-2-11-10(7-9)13(18)17-12(16-11)8-3-5-15-6-4-8/h1-7H,(H,16,17,18). The Kier molecular flexibility index (Phi) is 2.57. The van der Waals surface area contributed by atoms with Crippen LogP contribution in [-0.4, -0.2) is 20.1 Å². The Balaban J connectivity index is 2.25. The predicted octanol–water partition coefficient (Wildman–Crippen LogP) is 3.05. The molecular weight excluding hydrogens is 250 g/mol. The first-order valence-electron chi connectivity index (χ1n) is 5.31. The highest BCUT2D eigenvalue weighted by Gasteiger charge is 2.08. The quantitative estimate of drug-likeness (QED) is 0.728. The highest BCUT2D eigenvalue weighted by atomic mass is 35.5. The van der Waals surface area contributed by atoms with E-state index in [0.717, 1.165) is 5.56 Å². The number of pyridine rings is 1. The zero-order valence-electron chi connectivity index (χ0n) is 9.21. The minimum atomic E-state index is -0.0747. The molecule has 1 N–H and O–H groups in total. The van der Waals surface area contributed by atoms with E-state index < -0.39 is 0 Å².